The van der Waals surface area contributed by atoms with Crippen molar-refractivity contribution in [2.75, 3.05) is 6.54 Å². The van der Waals surface area contributed by atoms with Crippen molar-refractivity contribution in [3.63, 3.8) is 0 Å². The summed E-state index contributed by atoms with van der Waals surface area (Å²) in [6, 6.07) is 12.5. The fraction of sp³-hybridized carbons (Fsp3) is 0.267. The summed E-state index contributed by atoms with van der Waals surface area (Å²) in [5.74, 6) is 0. The van der Waals surface area contributed by atoms with Crippen LogP contribution < -0.4 is 5.32 Å². The van der Waals surface area contributed by atoms with E-state index in [0.717, 1.165) is 23.3 Å². The van der Waals surface area contributed by atoms with Crippen LogP contribution in [0.4, 0.5) is 0 Å². The molecule has 0 amide bonds. The fourth-order valence-electron chi connectivity index (χ4n) is 1.98. The Labute approximate surface area is 102 Å². The van der Waals surface area contributed by atoms with Gasteiger partial charge in [-0.1, -0.05) is 43.3 Å². The van der Waals surface area contributed by atoms with Gasteiger partial charge in [0.05, 0.1) is 17.3 Å². The number of nitrogens with zero attached hydrogens (tertiary/aromatic N) is 1. The molecule has 1 aromatic carbocycles. The molecule has 88 valence electrons. The number of hydrogen-bond acceptors (Lipinski definition) is 2. The molecule has 17 heavy (non-hydrogen) atoms. The smallest absolute Gasteiger partial charge is 0.0706 e. The molecule has 1 atom stereocenters. The van der Waals surface area contributed by atoms with E-state index < -0.39 is 0 Å². The molecule has 2 nitrogen and oxygen atoms in total. The number of likely N-dealkylation sites (N-methyl/N-ethyl adjacent to an activating group) is 1. The van der Waals surface area contributed by atoms with Crippen molar-refractivity contribution in [2.24, 2.45) is 0 Å². The van der Waals surface area contributed by atoms with Crippen molar-refractivity contribution in [3.05, 3.63) is 54.2 Å². The average molecular weight is 226 g/mol. The largest absolute Gasteiger partial charge is 0.306 e. The third-order valence-corrected chi connectivity index (χ3v) is 2.82. The Morgan fingerprint density at radius 2 is 2.06 bits per heavy atom. The Morgan fingerprint density at radius 3 is 2.76 bits per heavy atom. The van der Waals surface area contributed by atoms with Crippen molar-refractivity contribution in [2.45, 2.75) is 19.9 Å². The van der Waals surface area contributed by atoms with E-state index in [9.17, 15) is 0 Å². The summed E-state index contributed by atoms with van der Waals surface area (Å²) in [7, 11) is 0. The standard InChI is InChI=1S/C15H18N2/c1-4-16-15(11(2)3)14-10-9-12-7-5-6-8-13(12)17-14/h5-10,15-16H,2,4H2,1,3H3. The van der Waals surface area contributed by atoms with Crippen LogP contribution in [0.3, 0.4) is 0 Å². The molecule has 0 bridgehead atoms. The van der Waals surface area contributed by atoms with Crippen LogP contribution in [0.15, 0.2) is 48.6 Å². The minimum absolute atomic E-state index is 0.143. The van der Waals surface area contributed by atoms with Crippen molar-refractivity contribution in [1.29, 1.82) is 0 Å². The second-order valence-electron chi connectivity index (χ2n) is 4.27. The van der Waals surface area contributed by atoms with Gasteiger partial charge in [-0.2, -0.15) is 0 Å². The lowest BCUT2D eigenvalue weighted by Crippen LogP contribution is -2.22. The van der Waals surface area contributed by atoms with E-state index in [-0.39, 0.29) is 6.04 Å². The maximum absolute atomic E-state index is 4.69. The van der Waals surface area contributed by atoms with E-state index >= 15 is 0 Å². The first-order valence-corrected chi connectivity index (χ1v) is 5.97. The van der Waals surface area contributed by atoms with Gasteiger partial charge in [-0.3, -0.25) is 4.98 Å². The maximum atomic E-state index is 4.69. The normalized spacial score (nSPS) is 12.6. The number of rotatable bonds is 4. The first-order chi connectivity index (χ1) is 8.22. The highest BCUT2D eigenvalue weighted by molar-refractivity contribution is 5.78. The van der Waals surface area contributed by atoms with Gasteiger partial charge in [0, 0.05) is 5.39 Å². The summed E-state index contributed by atoms with van der Waals surface area (Å²) in [5, 5.41) is 4.58. The van der Waals surface area contributed by atoms with E-state index in [0.29, 0.717) is 0 Å². The molecule has 0 spiro atoms. The second-order valence-corrected chi connectivity index (χ2v) is 4.27. The van der Waals surface area contributed by atoms with Crippen LogP contribution in [0.2, 0.25) is 0 Å². The molecule has 1 N–H and O–H groups in total. The number of aromatic nitrogens is 1. The van der Waals surface area contributed by atoms with Crippen LogP contribution in [0, 0.1) is 0 Å². The van der Waals surface area contributed by atoms with E-state index in [1.54, 1.807) is 0 Å². The van der Waals surface area contributed by atoms with Crippen LogP contribution in [-0.4, -0.2) is 11.5 Å². The molecule has 2 aromatic rings. The first-order valence-electron chi connectivity index (χ1n) is 5.97. The lowest BCUT2D eigenvalue weighted by molar-refractivity contribution is 0.608. The van der Waals surface area contributed by atoms with Crippen LogP contribution in [0.25, 0.3) is 10.9 Å². The lowest BCUT2D eigenvalue weighted by atomic mass is 10.1. The van der Waals surface area contributed by atoms with Gasteiger partial charge >= 0.3 is 0 Å². The molecule has 1 aromatic heterocycles. The van der Waals surface area contributed by atoms with Crippen molar-refractivity contribution >= 4 is 10.9 Å². The number of para-hydroxylation sites is 1. The van der Waals surface area contributed by atoms with E-state index in [2.05, 4.69) is 37.0 Å². The monoisotopic (exact) mass is 226 g/mol. The molecule has 0 fully saturated rings. The van der Waals surface area contributed by atoms with Crippen LogP contribution in [0.1, 0.15) is 25.6 Å². The van der Waals surface area contributed by atoms with E-state index in [1.807, 2.05) is 25.1 Å². The van der Waals surface area contributed by atoms with Gasteiger partial charge in [0.15, 0.2) is 0 Å². The van der Waals surface area contributed by atoms with Crippen LogP contribution >= 0.6 is 0 Å². The lowest BCUT2D eigenvalue weighted by Gasteiger charge is -2.17. The molecule has 0 radical (unpaired) electrons. The van der Waals surface area contributed by atoms with Gasteiger partial charge in [-0.25, -0.2) is 0 Å². The molecular weight excluding hydrogens is 208 g/mol. The Kier molecular flexibility index (Phi) is 3.55. The van der Waals surface area contributed by atoms with Crippen molar-refractivity contribution in [3.8, 4) is 0 Å². The van der Waals surface area contributed by atoms with Crippen LogP contribution in [-0.2, 0) is 0 Å². The molecule has 0 aliphatic heterocycles. The topological polar surface area (TPSA) is 24.9 Å². The Balaban J connectivity index is 2.43. The quantitative estimate of drug-likeness (QED) is 0.807. The molecule has 1 heterocycles. The zero-order valence-corrected chi connectivity index (χ0v) is 10.4. The molecule has 2 rings (SSSR count). The molecule has 0 saturated carbocycles. The molecule has 2 heteroatoms. The Bertz CT molecular complexity index is 531. The summed E-state index contributed by atoms with van der Waals surface area (Å²) < 4.78 is 0. The third kappa shape index (κ3) is 2.53. The summed E-state index contributed by atoms with van der Waals surface area (Å²) in [4.78, 5) is 4.69. The summed E-state index contributed by atoms with van der Waals surface area (Å²) in [5.41, 5.74) is 3.17. The van der Waals surface area contributed by atoms with E-state index in [1.165, 1.54) is 5.39 Å². The number of nitrogens with one attached hydrogen (secondary N) is 1. The molecule has 0 saturated heterocycles. The van der Waals surface area contributed by atoms with Crippen molar-refractivity contribution in [1.82, 2.24) is 10.3 Å². The predicted molar refractivity (Wildman–Crippen MR) is 73.0 cm³/mol. The average Bonchev–Trinajstić information content (AvgIpc) is 2.35. The van der Waals surface area contributed by atoms with Gasteiger partial charge in [-0.15, -0.1) is 0 Å². The highest BCUT2D eigenvalue weighted by Crippen LogP contribution is 2.21. The van der Waals surface area contributed by atoms with Crippen LogP contribution in [0.5, 0.6) is 0 Å². The molecule has 0 aliphatic carbocycles. The Morgan fingerprint density at radius 1 is 1.29 bits per heavy atom. The molecule has 1 unspecified atom stereocenters. The van der Waals surface area contributed by atoms with Gasteiger partial charge < -0.3 is 5.32 Å². The third-order valence-electron chi connectivity index (χ3n) is 2.82. The first kappa shape index (κ1) is 11.8. The Hall–Kier alpha value is -1.67. The highest BCUT2D eigenvalue weighted by atomic mass is 14.9. The fourth-order valence-corrected chi connectivity index (χ4v) is 1.98. The zero-order chi connectivity index (χ0) is 12.3. The predicted octanol–water partition coefficient (Wildman–Crippen LogP) is 3.46. The van der Waals surface area contributed by atoms with Gasteiger partial charge in [0.25, 0.3) is 0 Å². The number of fused-ring (bicyclic) bond motifs is 1. The minimum Gasteiger partial charge on any atom is -0.306 e. The van der Waals surface area contributed by atoms with Gasteiger partial charge in [-0.05, 0) is 25.6 Å². The van der Waals surface area contributed by atoms with Crippen molar-refractivity contribution < 1.29 is 0 Å². The number of pyridine rings is 1. The molecular formula is C15H18N2. The minimum atomic E-state index is 0.143. The SMILES string of the molecule is C=C(C)C(NCC)c1ccc2ccccc2n1. The summed E-state index contributed by atoms with van der Waals surface area (Å²) in [6.07, 6.45) is 0. The van der Waals surface area contributed by atoms with Gasteiger partial charge in [0.2, 0.25) is 0 Å². The van der Waals surface area contributed by atoms with E-state index in [4.69, 9.17) is 4.98 Å². The van der Waals surface area contributed by atoms with Gasteiger partial charge in [0.1, 0.15) is 0 Å². The molecule has 0 aliphatic rings. The maximum Gasteiger partial charge on any atom is 0.0706 e. The second kappa shape index (κ2) is 5.11. The zero-order valence-electron chi connectivity index (χ0n) is 10.4. The summed E-state index contributed by atoms with van der Waals surface area (Å²) in [6.45, 7) is 9.06. The number of benzene rings is 1. The number of hydrogen-bond donors (Lipinski definition) is 1. The summed E-state index contributed by atoms with van der Waals surface area (Å²) >= 11 is 0. The highest BCUT2D eigenvalue weighted by Gasteiger charge is 2.12.